The summed E-state index contributed by atoms with van der Waals surface area (Å²) in [6.45, 7) is 4.58. The van der Waals surface area contributed by atoms with E-state index in [2.05, 4.69) is 10.3 Å². The van der Waals surface area contributed by atoms with Crippen LogP contribution in [-0.4, -0.2) is 9.55 Å². The third-order valence-corrected chi connectivity index (χ3v) is 2.93. The van der Waals surface area contributed by atoms with Gasteiger partial charge in [-0.3, -0.25) is 4.79 Å². The second-order valence-electron chi connectivity index (χ2n) is 5.22. The number of rotatable bonds is 5. The Morgan fingerprint density at radius 1 is 1.33 bits per heavy atom. The lowest BCUT2D eigenvalue weighted by atomic mass is 10.2. The van der Waals surface area contributed by atoms with Crippen molar-refractivity contribution in [2.24, 2.45) is 5.92 Å². The van der Waals surface area contributed by atoms with Crippen molar-refractivity contribution in [1.82, 2.24) is 9.55 Å². The summed E-state index contributed by atoms with van der Waals surface area (Å²) in [6, 6.07) is 3.20. The van der Waals surface area contributed by atoms with Crippen molar-refractivity contribution in [3.8, 4) is 0 Å². The minimum atomic E-state index is -0.526. The molecule has 0 amide bonds. The van der Waals surface area contributed by atoms with Crippen molar-refractivity contribution in [3.05, 3.63) is 58.1 Å². The molecule has 0 saturated heterocycles. The Morgan fingerprint density at radius 3 is 2.81 bits per heavy atom. The number of nitrogens with one attached hydrogen (secondary N) is 1. The summed E-state index contributed by atoms with van der Waals surface area (Å²) in [5, 5.41) is 2.76. The number of aromatic nitrogens is 2. The minimum absolute atomic E-state index is 0.00246. The molecule has 0 unspecified atom stereocenters. The zero-order valence-electron chi connectivity index (χ0n) is 11.9. The molecule has 6 heteroatoms. The van der Waals surface area contributed by atoms with Gasteiger partial charge in [0.15, 0.2) is 5.82 Å². The first kappa shape index (κ1) is 15.2. The van der Waals surface area contributed by atoms with Crippen molar-refractivity contribution in [1.29, 1.82) is 0 Å². The van der Waals surface area contributed by atoms with Crippen LogP contribution in [0.4, 0.5) is 14.6 Å². The van der Waals surface area contributed by atoms with E-state index in [-0.39, 0.29) is 23.5 Å². The summed E-state index contributed by atoms with van der Waals surface area (Å²) in [5.74, 6) is -0.603. The third kappa shape index (κ3) is 3.87. The maximum absolute atomic E-state index is 13.5. The molecule has 0 fully saturated rings. The molecule has 0 spiro atoms. The maximum atomic E-state index is 13.5. The SMILES string of the molecule is CC(C)Cn1ccnc(NCc2cc(F)ccc2F)c1=O. The molecular weight excluding hydrogens is 276 g/mol. The first-order valence-electron chi connectivity index (χ1n) is 6.70. The van der Waals surface area contributed by atoms with E-state index in [1.165, 1.54) is 6.20 Å². The fourth-order valence-corrected chi connectivity index (χ4v) is 1.96. The highest BCUT2D eigenvalue weighted by atomic mass is 19.1. The average Bonchev–Trinajstić information content (AvgIpc) is 2.43. The summed E-state index contributed by atoms with van der Waals surface area (Å²) in [4.78, 5) is 16.1. The zero-order chi connectivity index (χ0) is 15.4. The molecule has 0 aliphatic rings. The van der Waals surface area contributed by atoms with Gasteiger partial charge in [-0.05, 0) is 24.1 Å². The molecule has 112 valence electrons. The van der Waals surface area contributed by atoms with Gasteiger partial charge in [-0.1, -0.05) is 13.8 Å². The van der Waals surface area contributed by atoms with Crippen molar-refractivity contribution in [2.45, 2.75) is 26.9 Å². The van der Waals surface area contributed by atoms with Gasteiger partial charge >= 0.3 is 0 Å². The van der Waals surface area contributed by atoms with Crippen LogP contribution in [0.1, 0.15) is 19.4 Å². The Kier molecular flexibility index (Phi) is 4.67. The number of nitrogens with zero attached hydrogens (tertiary/aromatic N) is 2. The Labute approximate surface area is 121 Å². The molecule has 2 aromatic rings. The van der Waals surface area contributed by atoms with E-state index in [4.69, 9.17) is 0 Å². The van der Waals surface area contributed by atoms with Gasteiger partial charge in [-0.2, -0.15) is 0 Å². The van der Waals surface area contributed by atoms with Gasteiger partial charge < -0.3 is 9.88 Å². The van der Waals surface area contributed by atoms with Crippen LogP contribution >= 0.6 is 0 Å². The molecule has 0 aliphatic carbocycles. The normalized spacial score (nSPS) is 10.9. The van der Waals surface area contributed by atoms with Gasteiger partial charge in [-0.15, -0.1) is 0 Å². The van der Waals surface area contributed by atoms with Crippen LogP contribution in [0.2, 0.25) is 0 Å². The van der Waals surface area contributed by atoms with Gasteiger partial charge in [-0.25, -0.2) is 13.8 Å². The lowest BCUT2D eigenvalue weighted by molar-refractivity contribution is 0.509. The Hall–Kier alpha value is -2.24. The maximum Gasteiger partial charge on any atom is 0.293 e. The summed E-state index contributed by atoms with van der Waals surface area (Å²) < 4.78 is 28.1. The molecule has 0 radical (unpaired) electrons. The Bertz CT molecular complexity index is 683. The fraction of sp³-hybridized carbons (Fsp3) is 0.333. The zero-order valence-corrected chi connectivity index (χ0v) is 11.9. The van der Waals surface area contributed by atoms with Crippen molar-refractivity contribution < 1.29 is 8.78 Å². The highest BCUT2D eigenvalue weighted by Gasteiger charge is 2.08. The lowest BCUT2D eigenvalue weighted by Crippen LogP contribution is -2.26. The predicted octanol–water partition coefficient (Wildman–Crippen LogP) is 2.79. The largest absolute Gasteiger partial charge is 0.361 e. The molecular formula is C15H17F2N3O. The quantitative estimate of drug-likeness (QED) is 0.922. The fourth-order valence-electron chi connectivity index (χ4n) is 1.96. The van der Waals surface area contributed by atoms with E-state index >= 15 is 0 Å². The molecule has 0 bridgehead atoms. The topological polar surface area (TPSA) is 46.9 Å². The van der Waals surface area contributed by atoms with Crippen molar-refractivity contribution >= 4 is 5.82 Å². The minimum Gasteiger partial charge on any atom is -0.361 e. The number of halogens is 2. The molecule has 4 nitrogen and oxygen atoms in total. The molecule has 1 N–H and O–H groups in total. The van der Waals surface area contributed by atoms with Crippen molar-refractivity contribution in [3.63, 3.8) is 0 Å². The summed E-state index contributed by atoms with van der Waals surface area (Å²) in [6.07, 6.45) is 3.12. The first-order chi connectivity index (χ1) is 9.97. The van der Waals surface area contributed by atoms with Crippen LogP contribution < -0.4 is 10.9 Å². The van der Waals surface area contributed by atoms with Gasteiger partial charge in [0.25, 0.3) is 5.56 Å². The number of anilines is 1. The monoisotopic (exact) mass is 293 g/mol. The van der Waals surface area contributed by atoms with E-state index in [0.717, 1.165) is 18.2 Å². The Morgan fingerprint density at radius 2 is 2.10 bits per heavy atom. The van der Waals surface area contributed by atoms with Crippen LogP contribution in [0.3, 0.4) is 0 Å². The van der Waals surface area contributed by atoms with E-state index < -0.39 is 11.6 Å². The molecule has 0 atom stereocenters. The first-order valence-corrected chi connectivity index (χ1v) is 6.70. The van der Waals surface area contributed by atoms with Crippen LogP contribution in [0.5, 0.6) is 0 Å². The number of benzene rings is 1. The number of hydrogen-bond donors (Lipinski definition) is 1. The number of hydrogen-bond acceptors (Lipinski definition) is 3. The average molecular weight is 293 g/mol. The van der Waals surface area contributed by atoms with E-state index in [1.807, 2.05) is 13.8 Å². The molecule has 1 aromatic carbocycles. The van der Waals surface area contributed by atoms with Gasteiger partial charge in [0.2, 0.25) is 0 Å². The molecule has 21 heavy (non-hydrogen) atoms. The van der Waals surface area contributed by atoms with Crippen LogP contribution in [-0.2, 0) is 13.1 Å². The highest BCUT2D eigenvalue weighted by molar-refractivity contribution is 5.33. The lowest BCUT2D eigenvalue weighted by Gasteiger charge is -2.11. The standard InChI is InChI=1S/C15H17F2N3O/c1-10(2)9-20-6-5-18-14(15(20)21)19-8-11-7-12(16)3-4-13(11)17/h3-7,10H,8-9H2,1-2H3,(H,18,19). The molecule has 0 saturated carbocycles. The van der Waals surface area contributed by atoms with Crippen molar-refractivity contribution in [2.75, 3.05) is 5.32 Å². The van der Waals surface area contributed by atoms with Crippen LogP contribution in [0, 0.1) is 17.6 Å². The second-order valence-corrected chi connectivity index (χ2v) is 5.22. The van der Waals surface area contributed by atoms with Gasteiger partial charge in [0.1, 0.15) is 11.6 Å². The third-order valence-electron chi connectivity index (χ3n) is 2.93. The molecule has 1 heterocycles. The van der Waals surface area contributed by atoms with Crippen LogP contribution in [0.25, 0.3) is 0 Å². The Balaban J connectivity index is 2.17. The summed E-state index contributed by atoms with van der Waals surface area (Å²) in [5.41, 5.74) is -0.126. The van der Waals surface area contributed by atoms with E-state index in [9.17, 15) is 13.6 Å². The van der Waals surface area contributed by atoms with Crippen LogP contribution in [0.15, 0.2) is 35.4 Å². The molecule has 2 rings (SSSR count). The van der Waals surface area contributed by atoms with E-state index in [0.29, 0.717) is 12.5 Å². The predicted molar refractivity (Wildman–Crippen MR) is 77.0 cm³/mol. The smallest absolute Gasteiger partial charge is 0.293 e. The highest BCUT2D eigenvalue weighted by Crippen LogP contribution is 2.10. The van der Waals surface area contributed by atoms with Gasteiger partial charge in [0.05, 0.1) is 0 Å². The molecule has 0 aliphatic heterocycles. The second kappa shape index (κ2) is 6.47. The molecule has 1 aromatic heterocycles. The summed E-state index contributed by atoms with van der Waals surface area (Å²) >= 11 is 0. The van der Waals surface area contributed by atoms with Gasteiger partial charge in [0, 0.05) is 31.0 Å². The summed E-state index contributed by atoms with van der Waals surface area (Å²) in [7, 11) is 0. The van der Waals surface area contributed by atoms with E-state index in [1.54, 1.807) is 10.8 Å².